The number of ketones is 1. The molecule has 1 saturated heterocycles. The highest BCUT2D eigenvalue weighted by molar-refractivity contribution is 6.31. The van der Waals surface area contributed by atoms with Gasteiger partial charge >= 0.3 is 0 Å². The first-order chi connectivity index (χ1) is 8.46. The Bertz CT molecular complexity index is 445. The Labute approximate surface area is 112 Å². The van der Waals surface area contributed by atoms with Crippen LogP contribution in [0.4, 0.5) is 0 Å². The average molecular weight is 268 g/mol. The predicted octanol–water partition coefficient (Wildman–Crippen LogP) is 2.37. The topological polar surface area (TPSA) is 40.5 Å². The van der Waals surface area contributed by atoms with Crippen LogP contribution < -0.4 is 0 Å². The molecule has 1 atom stereocenters. The lowest BCUT2D eigenvalue weighted by atomic mass is 10.1. The molecule has 1 aromatic rings. The molecule has 18 heavy (non-hydrogen) atoms. The predicted molar refractivity (Wildman–Crippen MR) is 72.1 cm³/mol. The number of likely N-dealkylation sites (tertiary alicyclic amines) is 1. The van der Waals surface area contributed by atoms with Gasteiger partial charge in [0.2, 0.25) is 0 Å². The number of carbonyl (C=O) groups excluding carboxylic acids is 1. The minimum atomic E-state index is -0.598. The molecule has 1 fully saturated rings. The summed E-state index contributed by atoms with van der Waals surface area (Å²) >= 11 is 5.86. The third-order valence-corrected chi connectivity index (χ3v) is 3.57. The van der Waals surface area contributed by atoms with E-state index in [1.807, 2.05) is 6.92 Å². The second-order valence-corrected chi connectivity index (χ2v) is 5.64. The number of nitrogens with zero attached hydrogens (tertiary/aromatic N) is 1. The molecule has 0 saturated carbocycles. The number of β-amino-alcohol motifs (C(OH)–C–C–N with tert-alkyl or cyclic N) is 1. The monoisotopic (exact) mass is 267 g/mol. The lowest BCUT2D eigenvalue weighted by molar-refractivity contribution is 0.0677. The molecule has 4 heteroatoms. The Morgan fingerprint density at radius 1 is 1.56 bits per heavy atom. The molecule has 1 unspecified atom stereocenters. The molecule has 0 radical (unpaired) electrons. The Kier molecular flexibility index (Phi) is 4.05. The zero-order chi connectivity index (χ0) is 13.2. The molecule has 1 heterocycles. The second-order valence-electron chi connectivity index (χ2n) is 5.21. The summed E-state index contributed by atoms with van der Waals surface area (Å²) < 4.78 is 0. The number of halogens is 1. The summed E-state index contributed by atoms with van der Waals surface area (Å²) in [7, 11) is 0. The second kappa shape index (κ2) is 5.39. The quantitative estimate of drug-likeness (QED) is 0.852. The van der Waals surface area contributed by atoms with E-state index >= 15 is 0 Å². The van der Waals surface area contributed by atoms with E-state index in [1.54, 1.807) is 24.3 Å². The van der Waals surface area contributed by atoms with Gasteiger partial charge in [0.15, 0.2) is 5.78 Å². The minimum Gasteiger partial charge on any atom is -0.389 e. The number of Topliss-reactive ketones (excluding diaryl/α,β-unsaturated/α-hetero) is 1. The van der Waals surface area contributed by atoms with E-state index in [2.05, 4.69) is 4.90 Å². The van der Waals surface area contributed by atoms with Gasteiger partial charge in [-0.15, -0.1) is 0 Å². The van der Waals surface area contributed by atoms with E-state index in [9.17, 15) is 9.90 Å². The van der Waals surface area contributed by atoms with Crippen molar-refractivity contribution in [3.05, 3.63) is 34.9 Å². The van der Waals surface area contributed by atoms with E-state index in [-0.39, 0.29) is 5.78 Å². The zero-order valence-corrected chi connectivity index (χ0v) is 11.3. The molecular formula is C14H18ClNO2. The molecule has 1 aliphatic heterocycles. The zero-order valence-electron chi connectivity index (χ0n) is 10.5. The van der Waals surface area contributed by atoms with E-state index in [0.717, 1.165) is 13.0 Å². The molecule has 1 aliphatic rings. The van der Waals surface area contributed by atoms with Gasteiger partial charge in [0.1, 0.15) is 0 Å². The number of carbonyl (C=O) groups is 1. The number of hydrogen-bond donors (Lipinski definition) is 1. The van der Waals surface area contributed by atoms with Crippen LogP contribution in [-0.4, -0.2) is 41.0 Å². The number of benzene rings is 1. The molecule has 0 bridgehead atoms. The van der Waals surface area contributed by atoms with Crippen molar-refractivity contribution >= 4 is 17.4 Å². The van der Waals surface area contributed by atoms with Crippen molar-refractivity contribution in [3.8, 4) is 0 Å². The molecule has 1 aromatic carbocycles. The lowest BCUT2D eigenvalue weighted by Gasteiger charge is -2.18. The number of hydrogen-bond acceptors (Lipinski definition) is 3. The average Bonchev–Trinajstić information content (AvgIpc) is 2.66. The van der Waals surface area contributed by atoms with Gasteiger partial charge in [0.25, 0.3) is 0 Å². The smallest absolute Gasteiger partial charge is 0.164 e. The summed E-state index contributed by atoms with van der Waals surface area (Å²) in [6.07, 6.45) is 1.24. The van der Waals surface area contributed by atoms with Crippen LogP contribution in [0.25, 0.3) is 0 Å². The van der Waals surface area contributed by atoms with Gasteiger partial charge in [0.05, 0.1) is 5.60 Å². The van der Waals surface area contributed by atoms with Crippen molar-refractivity contribution in [2.24, 2.45) is 0 Å². The van der Waals surface area contributed by atoms with Crippen LogP contribution in [0.5, 0.6) is 0 Å². The molecule has 2 rings (SSSR count). The van der Waals surface area contributed by atoms with Crippen molar-refractivity contribution in [1.29, 1.82) is 0 Å². The molecule has 3 nitrogen and oxygen atoms in total. The van der Waals surface area contributed by atoms with Crippen LogP contribution in [0.15, 0.2) is 24.3 Å². The van der Waals surface area contributed by atoms with Crippen LogP contribution in [0.1, 0.15) is 30.1 Å². The SMILES string of the molecule is CC1(O)CCN(CCC(=O)c2cccc(Cl)c2)C1. The Hall–Kier alpha value is -0.900. The van der Waals surface area contributed by atoms with Gasteiger partial charge < -0.3 is 5.11 Å². The van der Waals surface area contributed by atoms with E-state index in [0.29, 0.717) is 30.1 Å². The summed E-state index contributed by atoms with van der Waals surface area (Å²) in [5.41, 5.74) is 0.0625. The van der Waals surface area contributed by atoms with Crippen LogP contribution in [0.2, 0.25) is 5.02 Å². The van der Waals surface area contributed by atoms with E-state index in [4.69, 9.17) is 11.6 Å². The van der Waals surface area contributed by atoms with Crippen molar-refractivity contribution in [1.82, 2.24) is 4.90 Å². The normalized spacial score (nSPS) is 24.4. The molecule has 0 aromatic heterocycles. The van der Waals surface area contributed by atoms with Gasteiger partial charge in [-0.25, -0.2) is 0 Å². The molecule has 0 aliphatic carbocycles. The van der Waals surface area contributed by atoms with E-state index in [1.165, 1.54) is 0 Å². The fraction of sp³-hybridized carbons (Fsp3) is 0.500. The van der Waals surface area contributed by atoms with Gasteiger partial charge in [-0.05, 0) is 25.5 Å². The van der Waals surface area contributed by atoms with Crippen molar-refractivity contribution in [2.75, 3.05) is 19.6 Å². The molecule has 1 N–H and O–H groups in total. The van der Waals surface area contributed by atoms with Gasteiger partial charge in [-0.1, -0.05) is 23.7 Å². The van der Waals surface area contributed by atoms with E-state index < -0.39 is 5.60 Å². The highest BCUT2D eigenvalue weighted by atomic mass is 35.5. The first kappa shape index (κ1) is 13.5. The van der Waals surface area contributed by atoms with Crippen molar-refractivity contribution in [2.45, 2.75) is 25.4 Å². The molecule has 0 amide bonds. The summed E-state index contributed by atoms with van der Waals surface area (Å²) in [6.45, 7) is 4.04. The largest absolute Gasteiger partial charge is 0.389 e. The lowest BCUT2D eigenvalue weighted by Crippen LogP contribution is -2.31. The highest BCUT2D eigenvalue weighted by Crippen LogP contribution is 2.20. The standard InChI is InChI=1S/C14H18ClNO2/c1-14(18)6-8-16(10-14)7-5-13(17)11-3-2-4-12(15)9-11/h2-4,9,18H,5-8,10H2,1H3. The van der Waals surface area contributed by atoms with Gasteiger partial charge in [0, 0.05) is 36.6 Å². The fourth-order valence-corrected chi connectivity index (χ4v) is 2.49. The number of rotatable bonds is 4. The fourth-order valence-electron chi connectivity index (χ4n) is 2.30. The van der Waals surface area contributed by atoms with Crippen molar-refractivity contribution in [3.63, 3.8) is 0 Å². The van der Waals surface area contributed by atoms with Gasteiger partial charge in [-0.3, -0.25) is 9.69 Å². The van der Waals surface area contributed by atoms with Crippen LogP contribution in [0.3, 0.4) is 0 Å². The maximum Gasteiger partial charge on any atom is 0.164 e. The Balaban J connectivity index is 1.86. The van der Waals surface area contributed by atoms with Crippen LogP contribution in [0, 0.1) is 0 Å². The van der Waals surface area contributed by atoms with Crippen molar-refractivity contribution < 1.29 is 9.90 Å². The third-order valence-electron chi connectivity index (χ3n) is 3.33. The summed E-state index contributed by atoms with van der Waals surface area (Å²) in [5.74, 6) is 0.101. The summed E-state index contributed by atoms with van der Waals surface area (Å²) in [5, 5.41) is 10.4. The maximum absolute atomic E-state index is 12.0. The third kappa shape index (κ3) is 3.55. The highest BCUT2D eigenvalue weighted by Gasteiger charge is 2.31. The number of aliphatic hydroxyl groups is 1. The Morgan fingerprint density at radius 3 is 2.94 bits per heavy atom. The molecule has 0 spiro atoms. The van der Waals surface area contributed by atoms with Gasteiger partial charge in [-0.2, -0.15) is 0 Å². The first-order valence-corrected chi connectivity index (χ1v) is 6.58. The minimum absolute atomic E-state index is 0.101. The Morgan fingerprint density at radius 2 is 2.33 bits per heavy atom. The molecular weight excluding hydrogens is 250 g/mol. The summed E-state index contributed by atoms with van der Waals surface area (Å²) in [4.78, 5) is 14.1. The molecule has 98 valence electrons. The van der Waals surface area contributed by atoms with Crippen LogP contribution in [-0.2, 0) is 0 Å². The van der Waals surface area contributed by atoms with Crippen LogP contribution >= 0.6 is 11.6 Å². The summed E-state index contributed by atoms with van der Waals surface area (Å²) in [6, 6.07) is 7.03. The first-order valence-electron chi connectivity index (χ1n) is 6.20. The maximum atomic E-state index is 12.0.